The number of alkyl halides is 3. The van der Waals surface area contributed by atoms with Gasteiger partial charge in [0.25, 0.3) is 5.91 Å². The fourth-order valence-electron chi connectivity index (χ4n) is 2.96. The van der Waals surface area contributed by atoms with Crippen LogP contribution in [-0.2, 0) is 11.0 Å². The lowest BCUT2D eigenvalue weighted by molar-refractivity contribution is -0.137. The zero-order valence-electron chi connectivity index (χ0n) is 13.9. The number of anilines is 1. The molecule has 0 radical (unpaired) electrons. The highest BCUT2D eigenvalue weighted by Gasteiger charge is 2.33. The molecule has 0 aliphatic carbocycles. The van der Waals surface area contributed by atoms with E-state index in [2.05, 4.69) is 5.32 Å². The smallest absolute Gasteiger partial charge is 0.373 e. The molecule has 1 saturated heterocycles. The van der Waals surface area contributed by atoms with Crippen molar-refractivity contribution in [3.8, 4) is 6.07 Å². The summed E-state index contributed by atoms with van der Waals surface area (Å²) < 4.78 is 39.0. The number of benzene rings is 1. The molecule has 1 aromatic rings. The standard InChI is InChI=1S/C18H20F3N3O/c1-2-14-7-5-6-10-24(14)12-13(11-22)17(25)23-16-9-4-3-8-15(16)18(19,20)21/h3-4,8-9,12,14H,2,5-7,10H2,1H3,(H,23,25)/b13-12-. The maximum atomic E-state index is 13.0. The van der Waals surface area contributed by atoms with Crippen LogP contribution in [0.2, 0.25) is 0 Å². The Morgan fingerprint density at radius 3 is 2.76 bits per heavy atom. The van der Waals surface area contributed by atoms with Crippen molar-refractivity contribution in [2.45, 2.75) is 44.8 Å². The van der Waals surface area contributed by atoms with E-state index in [1.807, 2.05) is 11.8 Å². The average Bonchev–Trinajstić information content (AvgIpc) is 2.59. The lowest BCUT2D eigenvalue weighted by atomic mass is 10.0. The van der Waals surface area contributed by atoms with E-state index in [9.17, 15) is 23.2 Å². The molecule has 1 aliphatic heterocycles. The maximum Gasteiger partial charge on any atom is 0.418 e. The van der Waals surface area contributed by atoms with Crippen molar-refractivity contribution >= 4 is 11.6 Å². The molecule has 7 heteroatoms. The Morgan fingerprint density at radius 1 is 1.40 bits per heavy atom. The summed E-state index contributed by atoms with van der Waals surface area (Å²) in [5, 5.41) is 11.5. The average molecular weight is 351 g/mol. The Bertz CT molecular complexity index is 692. The Balaban J connectivity index is 2.21. The highest BCUT2D eigenvalue weighted by molar-refractivity contribution is 6.06. The summed E-state index contributed by atoms with van der Waals surface area (Å²) in [6.07, 6.45) is 0.803. The molecular formula is C18H20F3N3O. The van der Waals surface area contributed by atoms with E-state index in [-0.39, 0.29) is 17.3 Å². The van der Waals surface area contributed by atoms with Crippen molar-refractivity contribution in [2.75, 3.05) is 11.9 Å². The molecule has 2 rings (SSSR count). The monoisotopic (exact) mass is 351 g/mol. The number of halogens is 3. The summed E-state index contributed by atoms with van der Waals surface area (Å²) in [6.45, 7) is 2.76. The van der Waals surface area contributed by atoms with Gasteiger partial charge in [0.1, 0.15) is 11.6 Å². The van der Waals surface area contributed by atoms with Gasteiger partial charge in [-0.25, -0.2) is 0 Å². The summed E-state index contributed by atoms with van der Waals surface area (Å²) in [5.74, 6) is -0.834. The van der Waals surface area contributed by atoms with E-state index in [0.29, 0.717) is 0 Å². The van der Waals surface area contributed by atoms with Crippen molar-refractivity contribution in [3.05, 3.63) is 41.6 Å². The molecule has 0 saturated carbocycles. The number of carbonyl (C=O) groups is 1. The van der Waals surface area contributed by atoms with E-state index >= 15 is 0 Å². The lowest BCUT2D eigenvalue weighted by Crippen LogP contribution is -2.35. The maximum absolute atomic E-state index is 13.0. The van der Waals surface area contributed by atoms with Gasteiger partial charge in [-0.15, -0.1) is 0 Å². The van der Waals surface area contributed by atoms with Crippen LogP contribution < -0.4 is 5.32 Å². The van der Waals surface area contributed by atoms with Crippen molar-refractivity contribution in [3.63, 3.8) is 0 Å². The molecule has 1 aliphatic rings. The van der Waals surface area contributed by atoms with Gasteiger partial charge in [-0.2, -0.15) is 18.4 Å². The quantitative estimate of drug-likeness (QED) is 0.649. The highest BCUT2D eigenvalue weighted by Crippen LogP contribution is 2.34. The molecule has 1 atom stereocenters. The third-order valence-electron chi connectivity index (χ3n) is 4.28. The Morgan fingerprint density at radius 2 is 2.12 bits per heavy atom. The number of carbonyl (C=O) groups excluding carboxylic acids is 1. The Kier molecular flexibility index (Phi) is 6.07. The number of nitrogens with zero attached hydrogens (tertiary/aromatic N) is 2. The molecule has 1 heterocycles. The molecule has 0 aromatic heterocycles. The van der Waals surface area contributed by atoms with E-state index < -0.39 is 17.6 Å². The number of hydrogen-bond donors (Lipinski definition) is 1. The summed E-state index contributed by atoms with van der Waals surface area (Å²) in [5.41, 5.74) is -1.49. The number of nitriles is 1. The fourth-order valence-corrected chi connectivity index (χ4v) is 2.96. The molecule has 1 amide bonds. The van der Waals surface area contributed by atoms with Crippen LogP contribution in [-0.4, -0.2) is 23.4 Å². The molecule has 1 N–H and O–H groups in total. The van der Waals surface area contributed by atoms with Gasteiger partial charge in [0.15, 0.2) is 0 Å². The van der Waals surface area contributed by atoms with Gasteiger partial charge >= 0.3 is 6.18 Å². The molecular weight excluding hydrogens is 331 g/mol. The van der Waals surface area contributed by atoms with E-state index in [1.54, 1.807) is 6.07 Å². The molecule has 1 fully saturated rings. The van der Waals surface area contributed by atoms with Gasteiger partial charge in [0.2, 0.25) is 0 Å². The molecule has 4 nitrogen and oxygen atoms in total. The highest BCUT2D eigenvalue weighted by atomic mass is 19.4. The van der Waals surface area contributed by atoms with Crippen LogP contribution in [0.4, 0.5) is 18.9 Å². The topological polar surface area (TPSA) is 56.1 Å². The molecule has 1 unspecified atom stereocenters. The first-order valence-electron chi connectivity index (χ1n) is 8.22. The minimum Gasteiger partial charge on any atom is -0.373 e. The number of amides is 1. The van der Waals surface area contributed by atoms with Crippen molar-refractivity contribution < 1.29 is 18.0 Å². The largest absolute Gasteiger partial charge is 0.418 e. The van der Waals surface area contributed by atoms with Gasteiger partial charge < -0.3 is 10.2 Å². The van der Waals surface area contributed by atoms with E-state index in [0.717, 1.165) is 38.3 Å². The van der Waals surface area contributed by atoms with Crippen LogP contribution in [0.1, 0.15) is 38.2 Å². The zero-order valence-corrected chi connectivity index (χ0v) is 13.9. The fraction of sp³-hybridized carbons (Fsp3) is 0.444. The number of nitrogens with one attached hydrogen (secondary N) is 1. The number of rotatable bonds is 4. The summed E-state index contributed by atoms with van der Waals surface area (Å²) in [7, 11) is 0. The third-order valence-corrected chi connectivity index (χ3v) is 4.28. The van der Waals surface area contributed by atoms with Gasteiger partial charge in [-0.3, -0.25) is 4.79 Å². The first-order valence-corrected chi connectivity index (χ1v) is 8.22. The van der Waals surface area contributed by atoms with E-state index in [1.165, 1.54) is 24.4 Å². The summed E-state index contributed by atoms with van der Waals surface area (Å²) in [4.78, 5) is 14.2. The number of likely N-dealkylation sites (tertiary alicyclic amines) is 1. The lowest BCUT2D eigenvalue weighted by Gasteiger charge is -2.34. The minimum absolute atomic E-state index is 0.197. The first-order chi connectivity index (χ1) is 11.9. The van der Waals surface area contributed by atoms with Crippen molar-refractivity contribution in [2.24, 2.45) is 0 Å². The van der Waals surface area contributed by atoms with Crippen LogP contribution in [0, 0.1) is 11.3 Å². The predicted octanol–water partition coefficient (Wildman–Crippen LogP) is 4.32. The van der Waals surface area contributed by atoms with Crippen molar-refractivity contribution in [1.29, 1.82) is 5.26 Å². The number of para-hydroxylation sites is 1. The molecule has 134 valence electrons. The van der Waals surface area contributed by atoms with Crippen LogP contribution in [0.15, 0.2) is 36.0 Å². The zero-order chi connectivity index (χ0) is 18.4. The SMILES string of the molecule is CCC1CCCCN1/C=C(/C#N)C(=O)Nc1ccccc1C(F)(F)F. The number of piperidine rings is 1. The van der Waals surface area contributed by atoms with Gasteiger partial charge in [0, 0.05) is 18.8 Å². The summed E-state index contributed by atoms with van der Waals surface area (Å²) in [6, 6.07) is 6.76. The molecule has 1 aromatic carbocycles. The Labute approximate surface area is 144 Å². The number of hydrogen-bond acceptors (Lipinski definition) is 3. The van der Waals surface area contributed by atoms with Gasteiger partial charge in [0.05, 0.1) is 11.3 Å². The van der Waals surface area contributed by atoms with Crippen LogP contribution in [0.25, 0.3) is 0 Å². The van der Waals surface area contributed by atoms with Crippen LogP contribution in [0.5, 0.6) is 0 Å². The predicted molar refractivity (Wildman–Crippen MR) is 88.4 cm³/mol. The van der Waals surface area contributed by atoms with Crippen LogP contribution in [0.3, 0.4) is 0 Å². The van der Waals surface area contributed by atoms with Gasteiger partial charge in [-0.1, -0.05) is 19.1 Å². The summed E-state index contributed by atoms with van der Waals surface area (Å²) >= 11 is 0. The molecule has 0 spiro atoms. The second-order valence-corrected chi connectivity index (χ2v) is 5.95. The van der Waals surface area contributed by atoms with Gasteiger partial charge in [-0.05, 0) is 37.8 Å². The first kappa shape index (κ1) is 18.8. The second-order valence-electron chi connectivity index (χ2n) is 5.95. The third kappa shape index (κ3) is 4.75. The molecule has 25 heavy (non-hydrogen) atoms. The second kappa shape index (κ2) is 8.06. The van der Waals surface area contributed by atoms with Crippen LogP contribution >= 0.6 is 0 Å². The molecule has 0 bridgehead atoms. The normalized spacial score (nSPS) is 18.6. The van der Waals surface area contributed by atoms with E-state index in [4.69, 9.17) is 0 Å². The minimum atomic E-state index is -4.58. The van der Waals surface area contributed by atoms with Crippen molar-refractivity contribution in [1.82, 2.24) is 4.90 Å². The Hall–Kier alpha value is -2.49.